The minimum atomic E-state index is -0.132. The second-order valence-electron chi connectivity index (χ2n) is 6.72. The molecule has 0 spiro atoms. The molecule has 32 heavy (non-hydrogen) atoms. The number of halogens is 1. The summed E-state index contributed by atoms with van der Waals surface area (Å²) in [6, 6.07) is 23.0. The Morgan fingerprint density at radius 1 is 1.00 bits per heavy atom. The Morgan fingerprint density at radius 3 is 2.50 bits per heavy atom. The number of hydrogen-bond donors (Lipinski definition) is 1. The highest BCUT2D eigenvalue weighted by molar-refractivity contribution is 7.99. The zero-order chi connectivity index (χ0) is 22.3. The van der Waals surface area contributed by atoms with Crippen molar-refractivity contribution in [3.8, 4) is 28.6 Å². The molecule has 2 aromatic carbocycles. The normalized spacial score (nSPS) is 10.5. The maximum atomic E-state index is 12.4. The van der Waals surface area contributed by atoms with Crippen molar-refractivity contribution in [3.05, 3.63) is 82.7 Å². The van der Waals surface area contributed by atoms with E-state index in [0.717, 1.165) is 22.5 Å². The highest BCUT2D eigenvalue weighted by Crippen LogP contribution is 2.27. The van der Waals surface area contributed by atoms with E-state index in [0.29, 0.717) is 26.5 Å². The predicted octanol–water partition coefficient (Wildman–Crippen LogP) is 6.52. The highest BCUT2D eigenvalue weighted by atomic mass is 35.5. The number of carbonyl (C=O) groups is 1. The molecular formula is C24H17ClN4OS2. The first-order valence-electron chi connectivity index (χ1n) is 9.73. The zero-order valence-electron chi connectivity index (χ0n) is 16.8. The molecular weight excluding hydrogens is 460 g/mol. The molecule has 0 fully saturated rings. The maximum Gasteiger partial charge on any atom is 0.226 e. The van der Waals surface area contributed by atoms with Crippen LogP contribution < -0.4 is 5.32 Å². The van der Waals surface area contributed by atoms with E-state index in [1.807, 2.05) is 66.0 Å². The van der Waals surface area contributed by atoms with Crippen molar-refractivity contribution in [2.45, 2.75) is 11.4 Å². The fourth-order valence-electron chi connectivity index (χ4n) is 2.91. The van der Waals surface area contributed by atoms with Gasteiger partial charge < -0.3 is 5.32 Å². The molecule has 2 aromatic heterocycles. The molecule has 0 unspecified atom stereocenters. The molecule has 1 N–H and O–H groups in total. The molecule has 1 amide bonds. The molecule has 4 aromatic rings. The van der Waals surface area contributed by atoms with E-state index in [-0.39, 0.29) is 12.3 Å². The first kappa shape index (κ1) is 22.0. The van der Waals surface area contributed by atoms with E-state index in [4.69, 9.17) is 11.6 Å². The number of thioether (sulfide) groups is 1. The van der Waals surface area contributed by atoms with E-state index < -0.39 is 0 Å². The number of amides is 1. The van der Waals surface area contributed by atoms with Gasteiger partial charge in [-0.15, -0.1) is 23.1 Å². The molecule has 0 bridgehead atoms. The van der Waals surface area contributed by atoms with E-state index in [1.54, 1.807) is 6.07 Å². The third-order valence-corrected chi connectivity index (χ3v) is 6.51. The number of thiazole rings is 1. The van der Waals surface area contributed by atoms with E-state index in [9.17, 15) is 10.1 Å². The first-order chi connectivity index (χ1) is 15.6. The molecule has 4 rings (SSSR count). The second kappa shape index (κ2) is 10.4. The Balaban J connectivity index is 1.35. The number of nitrogens with zero attached hydrogens (tertiary/aromatic N) is 3. The van der Waals surface area contributed by atoms with Crippen LogP contribution in [0, 0.1) is 11.3 Å². The van der Waals surface area contributed by atoms with Crippen LogP contribution in [-0.2, 0) is 4.79 Å². The number of pyridine rings is 1. The number of nitriles is 1. The molecule has 8 heteroatoms. The third-order valence-electron chi connectivity index (χ3n) is 4.51. The molecule has 0 aliphatic carbocycles. The minimum absolute atomic E-state index is 0.132. The van der Waals surface area contributed by atoms with E-state index >= 15 is 0 Å². The smallest absolute Gasteiger partial charge is 0.226 e. The lowest BCUT2D eigenvalue weighted by Crippen LogP contribution is -2.12. The lowest BCUT2D eigenvalue weighted by atomic mass is 10.1. The van der Waals surface area contributed by atoms with Gasteiger partial charge in [0.25, 0.3) is 0 Å². The fourth-order valence-corrected chi connectivity index (χ4v) is 4.69. The van der Waals surface area contributed by atoms with Gasteiger partial charge in [0.15, 0.2) is 5.13 Å². The molecule has 0 saturated heterocycles. The lowest BCUT2D eigenvalue weighted by Gasteiger charge is -2.07. The van der Waals surface area contributed by atoms with Gasteiger partial charge >= 0.3 is 0 Å². The van der Waals surface area contributed by atoms with Crippen molar-refractivity contribution in [2.24, 2.45) is 0 Å². The minimum Gasteiger partial charge on any atom is -0.302 e. The number of hydrogen-bond acceptors (Lipinski definition) is 6. The first-order valence-corrected chi connectivity index (χ1v) is 12.0. The number of nitrogens with one attached hydrogen (secondary N) is 1. The van der Waals surface area contributed by atoms with Crippen molar-refractivity contribution in [1.29, 1.82) is 5.26 Å². The van der Waals surface area contributed by atoms with Crippen LogP contribution in [0.3, 0.4) is 0 Å². The molecule has 2 heterocycles. The van der Waals surface area contributed by atoms with Gasteiger partial charge in [-0.2, -0.15) is 5.26 Å². The van der Waals surface area contributed by atoms with Crippen LogP contribution in [0.1, 0.15) is 12.0 Å². The molecule has 0 saturated carbocycles. The number of carbonyl (C=O) groups excluding carboxylic acids is 1. The zero-order valence-corrected chi connectivity index (χ0v) is 19.2. The summed E-state index contributed by atoms with van der Waals surface area (Å²) in [5.74, 6) is 0.369. The highest BCUT2D eigenvalue weighted by Gasteiger charge is 2.11. The molecule has 5 nitrogen and oxygen atoms in total. The fraction of sp³-hybridized carbons (Fsp3) is 0.0833. The summed E-state index contributed by atoms with van der Waals surface area (Å²) in [5, 5.41) is 16.0. The van der Waals surface area contributed by atoms with Gasteiger partial charge in [-0.1, -0.05) is 54.1 Å². The van der Waals surface area contributed by atoms with Crippen molar-refractivity contribution in [3.63, 3.8) is 0 Å². The van der Waals surface area contributed by atoms with Crippen molar-refractivity contribution in [2.75, 3.05) is 11.1 Å². The van der Waals surface area contributed by atoms with Crippen LogP contribution in [0.5, 0.6) is 0 Å². The number of anilines is 1. The van der Waals surface area contributed by atoms with Gasteiger partial charge in [0.2, 0.25) is 5.91 Å². The Kier molecular flexibility index (Phi) is 7.17. The van der Waals surface area contributed by atoms with Crippen LogP contribution in [-0.4, -0.2) is 21.6 Å². The Morgan fingerprint density at radius 2 is 1.75 bits per heavy atom. The summed E-state index contributed by atoms with van der Waals surface area (Å²) in [4.78, 5) is 21.5. The monoisotopic (exact) mass is 476 g/mol. The summed E-state index contributed by atoms with van der Waals surface area (Å²) in [7, 11) is 0. The van der Waals surface area contributed by atoms with Gasteiger partial charge in [0, 0.05) is 33.7 Å². The maximum absolute atomic E-state index is 12.4. The van der Waals surface area contributed by atoms with Gasteiger partial charge in [-0.25, -0.2) is 9.97 Å². The van der Waals surface area contributed by atoms with Gasteiger partial charge in [-0.05, 0) is 24.3 Å². The van der Waals surface area contributed by atoms with Crippen LogP contribution in [0.2, 0.25) is 5.02 Å². The number of aromatic nitrogens is 2. The van der Waals surface area contributed by atoms with Crippen molar-refractivity contribution in [1.82, 2.24) is 9.97 Å². The van der Waals surface area contributed by atoms with Gasteiger partial charge in [0.1, 0.15) is 11.1 Å². The number of rotatable bonds is 7. The van der Waals surface area contributed by atoms with Gasteiger partial charge in [-0.3, -0.25) is 4.79 Å². The second-order valence-corrected chi connectivity index (χ2v) is 9.10. The molecule has 0 aliphatic rings. The molecule has 158 valence electrons. The summed E-state index contributed by atoms with van der Waals surface area (Å²) < 4.78 is 0. The lowest BCUT2D eigenvalue weighted by molar-refractivity contribution is -0.115. The van der Waals surface area contributed by atoms with E-state index in [1.165, 1.54) is 23.1 Å². The molecule has 0 atom stereocenters. The Bertz CT molecular complexity index is 1270. The number of benzene rings is 2. The third kappa shape index (κ3) is 5.54. The van der Waals surface area contributed by atoms with Gasteiger partial charge in [0.05, 0.1) is 17.0 Å². The molecule has 0 aliphatic heterocycles. The van der Waals surface area contributed by atoms with Crippen molar-refractivity contribution >= 4 is 45.7 Å². The predicted molar refractivity (Wildman–Crippen MR) is 131 cm³/mol. The van der Waals surface area contributed by atoms with Crippen LogP contribution in [0.15, 0.2) is 77.1 Å². The van der Waals surface area contributed by atoms with Crippen LogP contribution in [0.25, 0.3) is 22.5 Å². The average molecular weight is 477 g/mol. The SMILES string of the molecule is N#Cc1ccc(-c2ccccc2)nc1SCCC(=O)Nc1nc(-c2ccc(Cl)cc2)cs1. The topological polar surface area (TPSA) is 78.7 Å². The average Bonchev–Trinajstić information content (AvgIpc) is 3.28. The summed E-state index contributed by atoms with van der Waals surface area (Å²) >= 11 is 8.70. The summed E-state index contributed by atoms with van der Waals surface area (Å²) in [6.07, 6.45) is 0.280. The largest absolute Gasteiger partial charge is 0.302 e. The van der Waals surface area contributed by atoms with Crippen molar-refractivity contribution < 1.29 is 4.79 Å². The Hall–Kier alpha value is -3.18. The standard InChI is InChI=1S/C24H17ClN4OS2/c25-19-9-6-17(7-10-19)21-15-32-24(28-21)29-22(30)12-13-31-23-18(14-26)8-11-20(27-23)16-4-2-1-3-5-16/h1-11,15H,12-13H2,(H,28,29,30). The van der Waals surface area contributed by atoms with E-state index in [2.05, 4.69) is 21.4 Å². The summed E-state index contributed by atoms with van der Waals surface area (Å²) in [6.45, 7) is 0. The quantitative estimate of drug-likeness (QED) is 0.307. The van der Waals surface area contributed by atoms with Crippen LogP contribution in [0.4, 0.5) is 5.13 Å². The molecule has 0 radical (unpaired) electrons. The van der Waals surface area contributed by atoms with Crippen LogP contribution >= 0.6 is 34.7 Å². The Labute approximate surface area is 199 Å². The summed E-state index contributed by atoms with van der Waals surface area (Å²) in [5.41, 5.74) is 4.01.